The maximum absolute atomic E-state index is 11.7. The Balaban J connectivity index is 1.83. The van der Waals surface area contributed by atoms with Crippen LogP contribution in [-0.2, 0) is 20.5 Å². The largest absolute Gasteiger partial charge is 0.481 e. The summed E-state index contributed by atoms with van der Waals surface area (Å²) in [7, 11) is -0.435. The van der Waals surface area contributed by atoms with E-state index in [9.17, 15) is 4.79 Å². The molecular weight excluding hydrogens is 303 g/mol. The summed E-state index contributed by atoms with van der Waals surface area (Å²) < 4.78 is 11.7. The minimum absolute atomic E-state index is 0.0763. The summed E-state index contributed by atoms with van der Waals surface area (Å²) >= 11 is 0. The molecule has 0 aromatic heterocycles. The highest BCUT2D eigenvalue weighted by molar-refractivity contribution is 6.47. The second-order valence-corrected chi connectivity index (χ2v) is 6.01. The number of hydrogen-bond donors (Lipinski definition) is 2. The second kappa shape index (κ2) is 8.28. The van der Waals surface area contributed by atoms with Crippen molar-refractivity contribution in [3.8, 4) is 0 Å². The zero-order valence-corrected chi connectivity index (χ0v) is 14.0. The molecule has 1 heterocycles. The summed E-state index contributed by atoms with van der Waals surface area (Å²) in [5.74, 6) is -0.293. The van der Waals surface area contributed by atoms with Gasteiger partial charge in [0.05, 0.1) is 5.94 Å². The average Bonchev–Trinajstić information content (AvgIpc) is 2.54. The van der Waals surface area contributed by atoms with E-state index in [-0.39, 0.29) is 11.8 Å². The highest BCUT2D eigenvalue weighted by Gasteiger charge is 2.32. The summed E-state index contributed by atoms with van der Waals surface area (Å²) in [6.07, 6.45) is 0.666. The molecule has 1 atom stereocenters. The van der Waals surface area contributed by atoms with Crippen molar-refractivity contribution < 1.29 is 14.1 Å². The van der Waals surface area contributed by atoms with Crippen molar-refractivity contribution >= 4 is 23.8 Å². The molecule has 24 heavy (non-hydrogen) atoms. The first-order valence-electron chi connectivity index (χ1n) is 8.42. The fourth-order valence-electron chi connectivity index (χ4n) is 3.08. The maximum atomic E-state index is 11.7. The SMILES string of the molecule is CC(=O)N[C@@H](Cc1cccc2ccccc12)B1OCCNCCO1. The van der Waals surface area contributed by atoms with E-state index in [0.29, 0.717) is 19.6 Å². The molecule has 0 saturated carbocycles. The topological polar surface area (TPSA) is 59.6 Å². The fourth-order valence-corrected chi connectivity index (χ4v) is 3.08. The summed E-state index contributed by atoms with van der Waals surface area (Å²) in [5.41, 5.74) is 1.18. The average molecular weight is 326 g/mol. The fraction of sp³-hybridized carbons (Fsp3) is 0.389. The molecule has 2 N–H and O–H groups in total. The first kappa shape index (κ1) is 17.0. The van der Waals surface area contributed by atoms with Crippen molar-refractivity contribution in [3.63, 3.8) is 0 Å². The van der Waals surface area contributed by atoms with Crippen LogP contribution in [0.5, 0.6) is 0 Å². The number of amides is 1. The van der Waals surface area contributed by atoms with Crippen LogP contribution in [-0.4, -0.2) is 45.3 Å². The zero-order chi connectivity index (χ0) is 16.8. The van der Waals surface area contributed by atoms with Gasteiger partial charge in [-0.25, -0.2) is 0 Å². The Morgan fingerprint density at radius 2 is 1.88 bits per heavy atom. The van der Waals surface area contributed by atoms with Gasteiger partial charge in [-0.1, -0.05) is 42.5 Å². The lowest BCUT2D eigenvalue weighted by atomic mass is 9.74. The molecule has 0 spiro atoms. The smallest absolute Gasteiger partial charge is 0.408 e. The summed E-state index contributed by atoms with van der Waals surface area (Å²) in [6, 6.07) is 14.5. The molecule has 1 aliphatic rings. The van der Waals surface area contributed by atoms with Gasteiger partial charge in [-0.2, -0.15) is 0 Å². The summed E-state index contributed by atoms with van der Waals surface area (Å²) in [4.78, 5) is 11.7. The van der Waals surface area contributed by atoms with Crippen LogP contribution in [0.4, 0.5) is 0 Å². The lowest BCUT2D eigenvalue weighted by molar-refractivity contribution is -0.119. The maximum Gasteiger partial charge on any atom is 0.481 e. The first-order valence-corrected chi connectivity index (χ1v) is 8.42. The van der Waals surface area contributed by atoms with Gasteiger partial charge in [0.15, 0.2) is 0 Å². The van der Waals surface area contributed by atoms with Crippen LogP contribution in [0.2, 0.25) is 0 Å². The molecule has 0 aliphatic carbocycles. The van der Waals surface area contributed by atoms with E-state index in [1.165, 1.54) is 23.3 Å². The molecule has 0 radical (unpaired) electrons. The Hall–Kier alpha value is -1.89. The third-order valence-corrected chi connectivity index (χ3v) is 4.16. The van der Waals surface area contributed by atoms with Gasteiger partial charge in [-0.15, -0.1) is 0 Å². The van der Waals surface area contributed by atoms with Crippen molar-refractivity contribution in [1.29, 1.82) is 0 Å². The molecule has 126 valence electrons. The highest BCUT2D eigenvalue weighted by atomic mass is 16.6. The van der Waals surface area contributed by atoms with Gasteiger partial charge < -0.3 is 19.9 Å². The van der Waals surface area contributed by atoms with Crippen molar-refractivity contribution in [2.75, 3.05) is 26.3 Å². The van der Waals surface area contributed by atoms with Gasteiger partial charge in [0, 0.05) is 33.2 Å². The monoisotopic (exact) mass is 326 g/mol. The zero-order valence-electron chi connectivity index (χ0n) is 14.0. The normalized spacial score (nSPS) is 17.1. The van der Waals surface area contributed by atoms with E-state index >= 15 is 0 Å². The van der Waals surface area contributed by atoms with Crippen LogP contribution in [0.15, 0.2) is 42.5 Å². The van der Waals surface area contributed by atoms with Crippen LogP contribution in [0, 0.1) is 0 Å². The molecule has 1 saturated heterocycles. The van der Waals surface area contributed by atoms with E-state index in [0.717, 1.165) is 13.1 Å². The Labute approximate surface area is 142 Å². The second-order valence-electron chi connectivity index (χ2n) is 6.01. The van der Waals surface area contributed by atoms with E-state index in [2.05, 4.69) is 34.9 Å². The minimum atomic E-state index is -0.435. The lowest BCUT2D eigenvalue weighted by Gasteiger charge is -2.26. The third-order valence-electron chi connectivity index (χ3n) is 4.16. The van der Waals surface area contributed by atoms with Crippen LogP contribution < -0.4 is 10.6 Å². The van der Waals surface area contributed by atoms with Crippen molar-refractivity contribution in [3.05, 3.63) is 48.0 Å². The molecule has 3 rings (SSSR count). The summed E-state index contributed by atoms with van der Waals surface area (Å²) in [5, 5.41) is 8.62. The van der Waals surface area contributed by atoms with Crippen LogP contribution >= 0.6 is 0 Å². The third kappa shape index (κ3) is 4.35. The van der Waals surface area contributed by atoms with Crippen molar-refractivity contribution in [1.82, 2.24) is 10.6 Å². The molecular formula is C18H23BN2O3. The van der Waals surface area contributed by atoms with Crippen LogP contribution in [0.1, 0.15) is 12.5 Å². The lowest BCUT2D eigenvalue weighted by Crippen LogP contribution is -2.52. The van der Waals surface area contributed by atoms with Crippen LogP contribution in [0.25, 0.3) is 10.8 Å². The molecule has 2 aromatic carbocycles. The molecule has 6 heteroatoms. The number of nitrogens with one attached hydrogen (secondary N) is 2. The van der Waals surface area contributed by atoms with E-state index in [1.807, 2.05) is 18.2 Å². The van der Waals surface area contributed by atoms with E-state index in [1.54, 1.807) is 0 Å². The molecule has 2 aromatic rings. The van der Waals surface area contributed by atoms with E-state index < -0.39 is 7.12 Å². The number of rotatable bonds is 4. The summed E-state index contributed by atoms with van der Waals surface area (Å²) in [6.45, 7) is 4.25. The predicted molar refractivity (Wildman–Crippen MR) is 95.8 cm³/mol. The number of hydrogen-bond acceptors (Lipinski definition) is 4. The van der Waals surface area contributed by atoms with Gasteiger partial charge in [-0.3, -0.25) is 4.79 Å². The number of benzene rings is 2. The Kier molecular flexibility index (Phi) is 5.85. The molecule has 5 nitrogen and oxygen atoms in total. The quantitative estimate of drug-likeness (QED) is 0.837. The molecule has 1 amide bonds. The number of carbonyl (C=O) groups is 1. The molecule has 1 aliphatic heterocycles. The van der Waals surface area contributed by atoms with Gasteiger partial charge >= 0.3 is 7.12 Å². The van der Waals surface area contributed by atoms with E-state index in [4.69, 9.17) is 9.31 Å². The van der Waals surface area contributed by atoms with Gasteiger partial charge in [0.1, 0.15) is 0 Å². The predicted octanol–water partition coefficient (Wildman–Crippen LogP) is 1.55. The Morgan fingerprint density at radius 3 is 2.62 bits per heavy atom. The molecule has 1 fully saturated rings. The van der Waals surface area contributed by atoms with Gasteiger partial charge in [0.2, 0.25) is 5.91 Å². The number of carbonyl (C=O) groups excluding carboxylic acids is 1. The Morgan fingerprint density at radius 1 is 1.17 bits per heavy atom. The van der Waals surface area contributed by atoms with Crippen molar-refractivity contribution in [2.24, 2.45) is 0 Å². The highest BCUT2D eigenvalue weighted by Crippen LogP contribution is 2.20. The van der Waals surface area contributed by atoms with Gasteiger partial charge in [-0.05, 0) is 22.8 Å². The molecule has 0 bridgehead atoms. The standard InChI is InChI=1S/C18H23BN2O3/c1-14(22)21-18(19-23-11-9-20-10-12-24-19)13-16-7-4-6-15-5-2-3-8-17(15)16/h2-8,18,20H,9-13H2,1H3,(H,21,22)/t18-/m0/s1. The Bertz CT molecular complexity index is 682. The van der Waals surface area contributed by atoms with Crippen molar-refractivity contribution in [2.45, 2.75) is 19.3 Å². The van der Waals surface area contributed by atoms with Crippen LogP contribution in [0.3, 0.4) is 0 Å². The van der Waals surface area contributed by atoms with Gasteiger partial charge in [0.25, 0.3) is 0 Å². The first-order chi connectivity index (χ1) is 11.7. The number of fused-ring (bicyclic) bond motifs is 1. The minimum Gasteiger partial charge on any atom is -0.408 e. The molecule has 0 unspecified atom stereocenters.